The van der Waals surface area contributed by atoms with Crippen molar-refractivity contribution in [1.29, 1.82) is 0 Å². The molecule has 0 N–H and O–H groups in total. The highest BCUT2D eigenvalue weighted by atomic mass is 32.2. The van der Waals surface area contributed by atoms with E-state index in [-0.39, 0.29) is 6.04 Å². The Kier molecular flexibility index (Phi) is 3.86. The summed E-state index contributed by atoms with van der Waals surface area (Å²) in [5.41, 5.74) is 0.899. The summed E-state index contributed by atoms with van der Waals surface area (Å²) in [5.74, 6) is 0.865. The Labute approximate surface area is 134 Å². The van der Waals surface area contributed by atoms with Crippen molar-refractivity contribution in [3.05, 3.63) is 27.6 Å². The second-order valence-corrected chi connectivity index (χ2v) is 8.83. The molecule has 120 valence electrons. The largest absolute Gasteiger partial charge is 0.318 e. The third-order valence-electron chi connectivity index (χ3n) is 4.19. The van der Waals surface area contributed by atoms with Crippen LogP contribution in [0.1, 0.15) is 40.8 Å². The highest BCUT2D eigenvalue weighted by Crippen LogP contribution is 2.32. The SMILES string of the molecule is Cc1nc(C)c(C(C)N(C)S(=O)(=O)c2cnc3n2CCC3)s1. The third-order valence-corrected chi connectivity index (χ3v) is 7.36. The molecule has 3 heterocycles. The molecule has 0 fully saturated rings. The van der Waals surface area contributed by atoms with Crippen LogP contribution < -0.4 is 0 Å². The summed E-state index contributed by atoms with van der Waals surface area (Å²) in [7, 11) is -1.93. The fourth-order valence-corrected chi connectivity index (χ4v) is 5.46. The maximum absolute atomic E-state index is 12.9. The lowest BCUT2D eigenvalue weighted by atomic mass is 10.2. The van der Waals surface area contributed by atoms with E-state index in [9.17, 15) is 8.42 Å². The average Bonchev–Trinajstić information content (AvgIpc) is 3.11. The number of hydrogen-bond donors (Lipinski definition) is 0. The van der Waals surface area contributed by atoms with Crippen LogP contribution in [0.2, 0.25) is 0 Å². The Morgan fingerprint density at radius 1 is 1.41 bits per heavy atom. The van der Waals surface area contributed by atoms with Crippen LogP contribution in [0.4, 0.5) is 0 Å². The average molecular weight is 340 g/mol. The number of thiazole rings is 1. The van der Waals surface area contributed by atoms with Gasteiger partial charge < -0.3 is 4.57 Å². The minimum absolute atomic E-state index is 0.247. The van der Waals surface area contributed by atoms with Crippen LogP contribution in [0.15, 0.2) is 11.2 Å². The molecule has 6 nitrogen and oxygen atoms in total. The lowest BCUT2D eigenvalue weighted by molar-refractivity contribution is 0.396. The third kappa shape index (κ3) is 2.39. The van der Waals surface area contributed by atoms with Crippen LogP contribution in [0.25, 0.3) is 0 Å². The molecule has 0 radical (unpaired) electrons. The number of aromatic nitrogens is 3. The fraction of sp³-hybridized carbons (Fsp3) is 0.571. The van der Waals surface area contributed by atoms with E-state index in [2.05, 4.69) is 9.97 Å². The van der Waals surface area contributed by atoms with Gasteiger partial charge in [0.15, 0.2) is 5.03 Å². The Morgan fingerprint density at radius 2 is 2.14 bits per heavy atom. The fourth-order valence-electron chi connectivity index (χ4n) is 2.89. The summed E-state index contributed by atoms with van der Waals surface area (Å²) < 4.78 is 29.1. The van der Waals surface area contributed by atoms with E-state index in [1.165, 1.54) is 10.5 Å². The van der Waals surface area contributed by atoms with E-state index in [0.717, 1.165) is 40.8 Å². The van der Waals surface area contributed by atoms with Gasteiger partial charge in [-0.15, -0.1) is 11.3 Å². The molecule has 22 heavy (non-hydrogen) atoms. The van der Waals surface area contributed by atoms with Crippen molar-refractivity contribution < 1.29 is 8.42 Å². The smallest absolute Gasteiger partial charge is 0.260 e. The Balaban J connectivity index is 1.96. The maximum Gasteiger partial charge on any atom is 0.260 e. The van der Waals surface area contributed by atoms with Gasteiger partial charge in [0.25, 0.3) is 10.0 Å². The van der Waals surface area contributed by atoms with Gasteiger partial charge in [0, 0.05) is 24.9 Å². The van der Waals surface area contributed by atoms with Gasteiger partial charge in [-0.1, -0.05) is 0 Å². The van der Waals surface area contributed by atoms with Crippen molar-refractivity contribution >= 4 is 21.4 Å². The molecule has 0 saturated heterocycles. The first-order chi connectivity index (χ1) is 10.3. The van der Waals surface area contributed by atoms with Gasteiger partial charge in [-0.25, -0.2) is 18.4 Å². The molecule has 8 heteroatoms. The van der Waals surface area contributed by atoms with E-state index >= 15 is 0 Å². The van der Waals surface area contributed by atoms with Crippen LogP contribution in [0.5, 0.6) is 0 Å². The topological polar surface area (TPSA) is 68.1 Å². The van der Waals surface area contributed by atoms with Gasteiger partial charge in [-0.2, -0.15) is 4.31 Å². The Hall–Kier alpha value is -1.25. The van der Waals surface area contributed by atoms with Crippen molar-refractivity contribution in [3.63, 3.8) is 0 Å². The van der Waals surface area contributed by atoms with Crippen LogP contribution in [-0.2, 0) is 23.0 Å². The molecule has 0 amide bonds. The standard InChI is InChI=1S/C14H20N4O2S2/c1-9-14(21-11(3)16-9)10(2)17(4)22(19,20)13-8-15-12-6-5-7-18(12)13/h8,10H,5-7H2,1-4H3. The predicted molar refractivity (Wildman–Crippen MR) is 85.5 cm³/mol. The van der Waals surface area contributed by atoms with E-state index < -0.39 is 10.0 Å². The molecule has 1 aliphatic rings. The minimum Gasteiger partial charge on any atom is -0.318 e. The zero-order valence-corrected chi connectivity index (χ0v) is 14.8. The second kappa shape index (κ2) is 5.43. The number of hydrogen-bond acceptors (Lipinski definition) is 5. The predicted octanol–water partition coefficient (Wildman–Crippen LogP) is 2.28. The summed E-state index contributed by atoms with van der Waals surface area (Å²) in [6.07, 6.45) is 3.29. The van der Waals surface area contributed by atoms with Crippen molar-refractivity contribution in [3.8, 4) is 0 Å². The van der Waals surface area contributed by atoms with E-state index in [1.807, 2.05) is 25.3 Å². The molecule has 1 aliphatic heterocycles. The lowest BCUT2D eigenvalue weighted by Gasteiger charge is -2.24. The zero-order chi connectivity index (χ0) is 16.1. The van der Waals surface area contributed by atoms with Crippen molar-refractivity contribution in [2.45, 2.75) is 51.2 Å². The van der Waals surface area contributed by atoms with Crippen molar-refractivity contribution in [2.24, 2.45) is 0 Å². The lowest BCUT2D eigenvalue weighted by Crippen LogP contribution is -2.31. The first kappa shape index (κ1) is 15.6. The molecule has 2 aromatic heterocycles. The van der Waals surface area contributed by atoms with Gasteiger partial charge in [-0.05, 0) is 27.2 Å². The molecular formula is C14H20N4O2S2. The molecule has 2 aromatic rings. The number of fused-ring (bicyclic) bond motifs is 1. The van der Waals surface area contributed by atoms with Crippen LogP contribution in [0, 0.1) is 13.8 Å². The van der Waals surface area contributed by atoms with Gasteiger partial charge in [-0.3, -0.25) is 0 Å². The van der Waals surface area contributed by atoms with Gasteiger partial charge >= 0.3 is 0 Å². The molecule has 1 unspecified atom stereocenters. The van der Waals surface area contributed by atoms with Gasteiger partial charge in [0.2, 0.25) is 0 Å². The van der Waals surface area contributed by atoms with Gasteiger partial charge in [0.1, 0.15) is 5.82 Å². The molecule has 0 aromatic carbocycles. The summed E-state index contributed by atoms with van der Waals surface area (Å²) in [6, 6.07) is -0.247. The minimum atomic E-state index is -3.56. The van der Waals surface area contributed by atoms with E-state index in [0.29, 0.717) is 5.03 Å². The Bertz CT molecular complexity index is 807. The first-order valence-electron chi connectivity index (χ1n) is 7.28. The molecule has 1 atom stereocenters. The van der Waals surface area contributed by atoms with Crippen LogP contribution in [-0.4, -0.2) is 34.3 Å². The number of nitrogens with zero attached hydrogens (tertiary/aromatic N) is 4. The molecular weight excluding hydrogens is 320 g/mol. The molecule has 3 rings (SSSR count). The van der Waals surface area contributed by atoms with E-state index in [1.54, 1.807) is 18.4 Å². The normalized spacial score (nSPS) is 16.2. The summed E-state index contributed by atoms with van der Waals surface area (Å²) in [6.45, 7) is 6.49. The zero-order valence-electron chi connectivity index (χ0n) is 13.2. The quantitative estimate of drug-likeness (QED) is 0.856. The van der Waals surface area contributed by atoms with E-state index in [4.69, 9.17) is 0 Å². The summed E-state index contributed by atoms with van der Waals surface area (Å²) in [5, 5.41) is 1.25. The molecule has 0 saturated carbocycles. The number of rotatable bonds is 4. The Morgan fingerprint density at radius 3 is 2.77 bits per heavy atom. The second-order valence-electron chi connectivity index (χ2n) is 5.65. The summed E-state index contributed by atoms with van der Waals surface area (Å²) >= 11 is 1.55. The highest BCUT2D eigenvalue weighted by molar-refractivity contribution is 7.89. The monoisotopic (exact) mass is 340 g/mol. The number of aryl methyl sites for hydroxylation is 3. The number of sulfonamides is 1. The van der Waals surface area contributed by atoms with Crippen molar-refractivity contribution in [1.82, 2.24) is 18.8 Å². The molecule has 0 spiro atoms. The first-order valence-corrected chi connectivity index (χ1v) is 9.54. The number of imidazole rings is 1. The van der Waals surface area contributed by atoms with Crippen LogP contribution >= 0.6 is 11.3 Å². The summed E-state index contributed by atoms with van der Waals surface area (Å²) in [4.78, 5) is 9.63. The van der Waals surface area contributed by atoms with Crippen molar-refractivity contribution in [2.75, 3.05) is 7.05 Å². The molecule has 0 bridgehead atoms. The van der Waals surface area contributed by atoms with Gasteiger partial charge in [0.05, 0.1) is 22.9 Å². The highest BCUT2D eigenvalue weighted by Gasteiger charge is 2.33. The maximum atomic E-state index is 12.9. The molecule has 0 aliphatic carbocycles. The van der Waals surface area contributed by atoms with Crippen LogP contribution in [0.3, 0.4) is 0 Å².